The van der Waals surface area contributed by atoms with Crippen LogP contribution in [0.5, 0.6) is 0 Å². The van der Waals surface area contributed by atoms with Gasteiger partial charge in [-0.25, -0.2) is 12.8 Å². The smallest absolute Gasteiger partial charge is 0.254 e. The van der Waals surface area contributed by atoms with E-state index in [1.165, 1.54) is 18.1 Å². The Morgan fingerprint density at radius 1 is 1.45 bits per heavy atom. The topological polar surface area (TPSA) is 63.7 Å². The first-order valence-electron chi connectivity index (χ1n) is 7.10. The van der Waals surface area contributed by atoms with E-state index in [1.807, 2.05) is 0 Å². The molecular weight excluding hydrogens is 309 g/mol. The largest absolute Gasteiger partial charge is 0.383 e. The van der Waals surface area contributed by atoms with Gasteiger partial charge in [-0.05, 0) is 31.0 Å². The maximum atomic E-state index is 13.7. The van der Waals surface area contributed by atoms with Crippen LogP contribution in [0.3, 0.4) is 0 Å². The van der Waals surface area contributed by atoms with Gasteiger partial charge in [0.2, 0.25) is 0 Å². The van der Waals surface area contributed by atoms with Gasteiger partial charge in [0.25, 0.3) is 5.91 Å². The second-order valence-electron chi connectivity index (χ2n) is 5.51. The van der Waals surface area contributed by atoms with E-state index in [0.29, 0.717) is 18.6 Å². The second kappa shape index (κ2) is 6.75. The molecule has 1 unspecified atom stereocenters. The van der Waals surface area contributed by atoms with Crippen molar-refractivity contribution in [3.8, 4) is 0 Å². The molecule has 1 aliphatic rings. The maximum absolute atomic E-state index is 13.7. The molecule has 1 saturated heterocycles. The van der Waals surface area contributed by atoms with Crippen molar-refractivity contribution in [3.63, 3.8) is 0 Å². The van der Waals surface area contributed by atoms with E-state index >= 15 is 0 Å². The molecule has 2 rings (SSSR count). The Hall–Kier alpha value is -1.47. The van der Waals surface area contributed by atoms with Crippen LogP contribution in [0.2, 0.25) is 0 Å². The van der Waals surface area contributed by atoms with E-state index in [0.717, 1.165) is 0 Å². The molecule has 0 aliphatic carbocycles. The molecule has 1 aromatic rings. The number of carbonyl (C=O) groups is 1. The van der Waals surface area contributed by atoms with Gasteiger partial charge in [-0.1, -0.05) is 6.07 Å². The van der Waals surface area contributed by atoms with Gasteiger partial charge in [0.05, 0.1) is 18.1 Å². The number of hydrogen-bond acceptors (Lipinski definition) is 4. The van der Waals surface area contributed by atoms with Crippen molar-refractivity contribution in [2.45, 2.75) is 19.4 Å². The Balaban J connectivity index is 2.24. The Morgan fingerprint density at radius 2 is 2.18 bits per heavy atom. The van der Waals surface area contributed by atoms with Crippen LogP contribution < -0.4 is 0 Å². The van der Waals surface area contributed by atoms with Gasteiger partial charge in [0.15, 0.2) is 9.84 Å². The van der Waals surface area contributed by atoms with E-state index in [-0.39, 0.29) is 35.6 Å². The molecule has 1 fully saturated rings. The lowest BCUT2D eigenvalue weighted by Crippen LogP contribution is -2.43. The summed E-state index contributed by atoms with van der Waals surface area (Å²) in [6.07, 6.45) is 0.409. The van der Waals surface area contributed by atoms with Crippen LogP contribution in [-0.2, 0) is 14.6 Å². The number of aryl methyl sites for hydroxylation is 1. The first kappa shape index (κ1) is 16.9. The summed E-state index contributed by atoms with van der Waals surface area (Å²) in [5, 5.41) is 0. The summed E-state index contributed by atoms with van der Waals surface area (Å²) in [7, 11) is -1.59. The zero-order chi connectivity index (χ0) is 16.3. The van der Waals surface area contributed by atoms with Gasteiger partial charge in [-0.15, -0.1) is 0 Å². The molecule has 0 bridgehead atoms. The van der Waals surface area contributed by atoms with Crippen LogP contribution in [0.15, 0.2) is 18.2 Å². The fourth-order valence-electron chi connectivity index (χ4n) is 2.55. The van der Waals surface area contributed by atoms with Crippen LogP contribution in [0.4, 0.5) is 4.39 Å². The van der Waals surface area contributed by atoms with E-state index in [4.69, 9.17) is 4.74 Å². The van der Waals surface area contributed by atoms with Crippen molar-refractivity contribution in [3.05, 3.63) is 35.1 Å². The molecule has 1 aliphatic heterocycles. The Bertz CT molecular complexity index is 660. The number of hydrogen-bond donors (Lipinski definition) is 0. The van der Waals surface area contributed by atoms with E-state index in [1.54, 1.807) is 19.1 Å². The molecule has 0 aromatic heterocycles. The summed E-state index contributed by atoms with van der Waals surface area (Å²) in [5.74, 6) is -0.775. The number of methoxy groups -OCH3 is 1. The standard InChI is InChI=1S/C15H20FNO4S/c1-11-3-4-12(9-14(11)16)15(18)17(6-7-21-2)13-5-8-22(19,20)10-13/h3-4,9,13H,5-8,10H2,1-2H3. The first-order chi connectivity index (χ1) is 10.3. The van der Waals surface area contributed by atoms with Gasteiger partial charge in [-0.2, -0.15) is 0 Å². The summed E-state index contributed by atoms with van der Waals surface area (Å²) in [5.41, 5.74) is 0.687. The maximum Gasteiger partial charge on any atom is 0.254 e. The van der Waals surface area contributed by atoms with Crippen LogP contribution in [0.25, 0.3) is 0 Å². The summed E-state index contributed by atoms with van der Waals surface area (Å²) in [6, 6.07) is 3.92. The van der Waals surface area contributed by atoms with Crippen molar-refractivity contribution in [1.29, 1.82) is 0 Å². The molecule has 5 nitrogen and oxygen atoms in total. The Labute approximate surface area is 130 Å². The average Bonchev–Trinajstić information content (AvgIpc) is 2.82. The van der Waals surface area contributed by atoms with E-state index in [2.05, 4.69) is 0 Å². The molecule has 1 atom stereocenters. The van der Waals surface area contributed by atoms with Crippen LogP contribution in [0.1, 0.15) is 22.3 Å². The molecule has 7 heteroatoms. The van der Waals surface area contributed by atoms with Crippen molar-refractivity contribution < 1.29 is 22.3 Å². The van der Waals surface area contributed by atoms with Crippen LogP contribution >= 0.6 is 0 Å². The molecule has 0 spiro atoms. The van der Waals surface area contributed by atoms with Crippen molar-refractivity contribution >= 4 is 15.7 Å². The van der Waals surface area contributed by atoms with Gasteiger partial charge in [0, 0.05) is 25.3 Å². The van der Waals surface area contributed by atoms with Gasteiger partial charge >= 0.3 is 0 Å². The lowest BCUT2D eigenvalue weighted by atomic mass is 10.1. The molecule has 0 N–H and O–H groups in total. The Kier molecular flexibility index (Phi) is 5.18. The minimum absolute atomic E-state index is 0.0448. The van der Waals surface area contributed by atoms with Gasteiger partial charge < -0.3 is 9.64 Å². The zero-order valence-corrected chi connectivity index (χ0v) is 13.5. The molecule has 1 heterocycles. The number of rotatable bonds is 5. The predicted molar refractivity (Wildman–Crippen MR) is 81.1 cm³/mol. The van der Waals surface area contributed by atoms with Crippen LogP contribution in [-0.4, -0.2) is 57.0 Å². The summed E-state index contributed by atoms with van der Waals surface area (Å²) in [4.78, 5) is 14.1. The summed E-state index contributed by atoms with van der Waals surface area (Å²) in [6.45, 7) is 2.21. The number of carbonyl (C=O) groups excluding carboxylic acids is 1. The molecule has 122 valence electrons. The highest BCUT2D eigenvalue weighted by atomic mass is 32.2. The lowest BCUT2D eigenvalue weighted by Gasteiger charge is -2.28. The zero-order valence-electron chi connectivity index (χ0n) is 12.7. The average molecular weight is 329 g/mol. The number of nitrogens with zero attached hydrogens (tertiary/aromatic N) is 1. The molecule has 22 heavy (non-hydrogen) atoms. The van der Waals surface area contributed by atoms with Crippen molar-refractivity contribution in [2.75, 3.05) is 31.8 Å². The number of sulfone groups is 1. The van der Waals surface area contributed by atoms with Gasteiger partial charge in [0.1, 0.15) is 5.82 Å². The highest BCUT2D eigenvalue weighted by Gasteiger charge is 2.34. The first-order valence-corrected chi connectivity index (χ1v) is 8.92. The third-order valence-corrected chi connectivity index (χ3v) is 5.62. The SMILES string of the molecule is COCCN(C(=O)c1ccc(C)c(F)c1)C1CCS(=O)(=O)C1. The normalized spacial score (nSPS) is 20.0. The van der Waals surface area contributed by atoms with Crippen molar-refractivity contribution in [1.82, 2.24) is 4.90 Å². The van der Waals surface area contributed by atoms with Gasteiger partial charge in [-0.3, -0.25) is 4.79 Å². The van der Waals surface area contributed by atoms with E-state index < -0.39 is 15.7 Å². The summed E-state index contributed by atoms with van der Waals surface area (Å²) < 4.78 is 42.0. The molecule has 1 aromatic carbocycles. The fraction of sp³-hybridized carbons (Fsp3) is 0.533. The van der Waals surface area contributed by atoms with Crippen molar-refractivity contribution in [2.24, 2.45) is 0 Å². The number of halogens is 1. The molecule has 0 radical (unpaired) electrons. The Morgan fingerprint density at radius 3 is 2.73 bits per heavy atom. The number of ether oxygens (including phenoxy) is 1. The second-order valence-corrected chi connectivity index (χ2v) is 7.74. The highest BCUT2D eigenvalue weighted by molar-refractivity contribution is 7.91. The number of benzene rings is 1. The van der Waals surface area contributed by atoms with E-state index in [9.17, 15) is 17.6 Å². The fourth-order valence-corrected chi connectivity index (χ4v) is 4.28. The molecule has 0 saturated carbocycles. The lowest BCUT2D eigenvalue weighted by molar-refractivity contribution is 0.0624. The summed E-state index contributed by atoms with van der Waals surface area (Å²) >= 11 is 0. The quantitative estimate of drug-likeness (QED) is 0.819. The molecular formula is C15H20FNO4S. The minimum Gasteiger partial charge on any atom is -0.383 e. The third kappa shape index (κ3) is 3.84. The monoisotopic (exact) mass is 329 g/mol. The highest BCUT2D eigenvalue weighted by Crippen LogP contribution is 2.20. The predicted octanol–water partition coefficient (Wildman–Crippen LogP) is 1.41. The minimum atomic E-state index is -3.10. The number of amides is 1. The third-order valence-electron chi connectivity index (χ3n) is 3.87. The molecule has 1 amide bonds. The van der Waals surface area contributed by atoms with Crippen LogP contribution in [0, 0.1) is 12.7 Å².